The second kappa shape index (κ2) is 6.41. The summed E-state index contributed by atoms with van der Waals surface area (Å²) in [6.45, 7) is 5.78. The van der Waals surface area contributed by atoms with Crippen molar-refractivity contribution in [2.45, 2.75) is 26.7 Å². The highest BCUT2D eigenvalue weighted by Crippen LogP contribution is 2.26. The summed E-state index contributed by atoms with van der Waals surface area (Å²) in [4.78, 5) is 20.8. The van der Waals surface area contributed by atoms with E-state index in [9.17, 15) is 4.79 Å². The number of anilines is 1. The van der Waals surface area contributed by atoms with E-state index in [0.717, 1.165) is 0 Å². The molecule has 0 aliphatic heterocycles. The van der Waals surface area contributed by atoms with Crippen molar-refractivity contribution in [2.75, 3.05) is 5.32 Å². The number of halogens is 2. The van der Waals surface area contributed by atoms with Gasteiger partial charge in [-0.15, -0.1) is 0 Å². The number of hydrogen-bond acceptors (Lipinski definition) is 3. The summed E-state index contributed by atoms with van der Waals surface area (Å²) < 4.78 is 0. The van der Waals surface area contributed by atoms with Crippen molar-refractivity contribution in [3.8, 4) is 0 Å². The Morgan fingerprint density at radius 1 is 1.29 bits per heavy atom. The van der Waals surface area contributed by atoms with Gasteiger partial charge >= 0.3 is 0 Å². The molecule has 0 saturated heterocycles. The van der Waals surface area contributed by atoms with Gasteiger partial charge in [0, 0.05) is 17.1 Å². The van der Waals surface area contributed by atoms with Crippen LogP contribution in [0.4, 0.5) is 5.69 Å². The van der Waals surface area contributed by atoms with Crippen LogP contribution in [0.3, 0.4) is 0 Å². The van der Waals surface area contributed by atoms with Crippen molar-refractivity contribution < 1.29 is 4.79 Å². The SMILES string of the molecule is Cc1nc(C(C)C)ncc1C(=O)Nc1cc(Cl)ccc1Cl. The molecule has 0 aliphatic rings. The Hall–Kier alpha value is -1.65. The van der Waals surface area contributed by atoms with Crippen LogP contribution < -0.4 is 5.32 Å². The van der Waals surface area contributed by atoms with Crippen LogP contribution in [0.15, 0.2) is 24.4 Å². The summed E-state index contributed by atoms with van der Waals surface area (Å²) in [6, 6.07) is 4.89. The van der Waals surface area contributed by atoms with Gasteiger partial charge in [-0.05, 0) is 25.1 Å². The van der Waals surface area contributed by atoms with Crippen molar-refractivity contribution in [1.29, 1.82) is 0 Å². The molecule has 0 aliphatic carbocycles. The molecule has 0 radical (unpaired) electrons. The van der Waals surface area contributed by atoms with Crippen LogP contribution in [0.2, 0.25) is 10.0 Å². The maximum absolute atomic E-state index is 12.3. The highest BCUT2D eigenvalue weighted by Gasteiger charge is 2.14. The van der Waals surface area contributed by atoms with Crippen molar-refractivity contribution in [3.05, 3.63) is 51.5 Å². The minimum absolute atomic E-state index is 0.211. The van der Waals surface area contributed by atoms with E-state index in [-0.39, 0.29) is 11.8 Å². The number of benzene rings is 1. The molecule has 2 aromatic rings. The van der Waals surface area contributed by atoms with Crippen LogP contribution in [-0.2, 0) is 0 Å². The standard InChI is InChI=1S/C15H15Cl2N3O/c1-8(2)14-18-7-11(9(3)19-14)15(21)20-13-6-10(16)4-5-12(13)17/h4-8H,1-3H3,(H,20,21). The summed E-state index contributed by atoms with van der Waals surface area (Å²) in [7, 11) is 0. The Labute approximate surface area is 133 Å². The van der Waals surface area contributed by atoms with E-state index in [2.05, 4.69) is 15.3 Å². The average molecular weight is 324 g/mol. The van der Waals surface area contributed by atoms with E-state index in [1.165, 1.54) is 6.20 Å². The molecule has 1 N–H and O–H groups in total. The largest absolute Gasteiger partial charge is 0.320 e. The van der Waals surface area contributed by atoms with Gasteiger partial charge in [-0.1, -0.05) is 37.0 Å². The van der Waals surface area contributed by atoms with E-state index < -0.39 is 0 Å². The molecule has 21 heavy (non-hydrogen) atoms. The number of rotatable bonds is 3. The Morgan fingerprint density at radius 3 is 2.62 bits per heavy atom. The topological polar surface area (TPSA) is 54.9 Å². The number of nitrogens with one attached hydrogen (secondary N) is 1. The Kier molecular flexibility index (Phi) is 4.80. The molecule has 1 heterocycles. The number of nitrogens with zero attached hydrogens (tertiary/aromatic N) is 2. The van der Waals surface area contributed by atoms with E-state index in [4.69, 9.17) is 23.2 Å². The van der Waals surface area contributed by atoms with Gasteiger partial charge in [0.2, 0.25) is 0 Å². The van der Waals surface area contributed by atoms with Crippen molar-refractivity contribution in [1.82, 2.24) is 9.97 Å². The third kappa shape index (κ3) is 3.71. The lowest BCUT2D eigenvalue weighted by Crippen LogP contribution is -2.16. The summed E-state index contributed by atoms with van der Waals surface area (Å²) in [5.41, 5.74) is 1.50. The molecule has 110 valence electrons. The van der Waals surface area contributed by atoms with Gasteiger partial charge in [-0.2, -0.15) is 0 Å². The van der Waals surface area contributed by atoms with Crippen LogP contribution in [0, 0.1) is 6.92 Å². The minimum atomic E-state index is -0.313. The molecule has 0 fully saturated rings. The second-order valence-electron chi connectivity index (χ2n) is 4.96. The molecule has 1 amide bonds. The number of aromatic nitrogens is 2. The van der Waals surface area contributed by atoms with Gasteiger partial charge in [-0.3, -0.25) is 4.79 Å². The van der Waals surface area contributed by atoms with E-state index in [0.29, 0.717) is 32.8 Å². The first-order valence-electron chi connectivity index (χ1n) is 6.48. The molecule has 1 aromatic carbocycles. The van der Waals surface area contributed by atoms with Crippen LogP contribution in [-0.4, -0.2) is 15.9 Å². The lowest BCUT2D eigenvalue weighted by Gasteiger charge is -2.10. The number of carbonyl (C=O) groups excluding carboxylic acids is 1. The number of aryl methyl sites for hydroxylation is 1. The molecular formula is C15H15Cl2N3O. The molecule has 6 heteroatoms. The first-order valence-corrected chi connectivity index (χ1v) is 7.24. The zero-order chi connectivity index (χ0) is 15.6. The highest BCUT2D eigenvalue weighted by molar-refractivity contribution is 6.35. The van der Waals surface area contributed by atoms with Gasteiger partial charge in [0.25, 0.3) is 5.91 Å². The number of carbonyl (C=O) groups is 1. The lowest BCUT2D eigenvalue weighted by atomic mass is 10.1. The molecule has 0 unspecified atom stereocenters. The quantitative estimate of drug-likeness (QED) is 0.906. The fourth-order valence-electron chi connectivity index (χ4n) is 1.77. The second-order valence-corrected chi connectivity index (χ2v) is 5.80. The van der Waals surface area contributed by atoms with Crippen LogP contribution in [0.25, 0.3) is 0 Å². The summed E-state index contributed by atoms with van der Waals surface area (Å²) >= 11 is 11.9. The number of amides is 1. The third-order valence-electron chi connectivity index (χ3n) is 2.94. The summed E-state index contributed by atoms with van der Waals surface area (Å²) in [6.07, 6.45) is 1.53. The summed E-state index contributed by atoms with van der Waals surface area (Å²) in [5, 5.41) is 3.64. The van der Waals surface area contributed by atoms with Crippen molar-refractivity contribution in [3.63, 3.8) is 0 Å². The summed E-state index contributed by atoms with van der Waals surface area (Å²) in [5.74, 6) is 0.611. The molecule has 1 aromatic heterocycles. The van der Waals surface area contributed by atoms with E-state index >= 15 is 0 Å². The van der Waals surface area contributed by atoms with Gasteiger partial charge in [0.15, 0.2) is 0 Å². The molecule has 0 atom stereocenters. The van der Waals surface area contributed by atoms with Gasteiger partial charge in [-0.25, -0.2) is 9.97 Å². The zero-order valence-electron chi connectivity index (χ0n) is 11.9. The highest BCUT2D eigenvalue weighted by atomic mass is 35.5. The molecule has 0 bridgehead atoms. The predicted molar refractivity (Wildman–Crippen MR) is 85.3 cm³/mol. The molecule has 4 nitrogen and oxygen atoms in total. The smallest absolute Gasteiger partial charge is 0.259 e. The molecule has 0 spiro atoms. The Balaban J connectivity index is 2.26. The predicted octanol–water partition coefficient (Wildman–Crippen LogP) is 4.47. The number of hydrogen-bond donors (Lipinski definition) is 1. The van der Waals surface area contributed by atoms with Gasteiger partial charge in [0.1, 0.15) is 5.82 Å². The van der Waals surface area contributed by atoms with Crippen molar-refractivity contribution in [2.24, 2.45) is 0 Å². The van der Waals surface area contributed by atoms with E-state index in [1.807, 2.05) is 13.8 Å². The molecule has 0 saturated carbocycles. The fraction of sp³-hybridized carbons (Fsp3) is 0.267. The maximum Gasteiger partial charge on any atom is 0.259 e. The molecular weight excluding hydrogens is 309 g/mol. The average Bonchev–Trinajstić information content (AvgIpc) is 2.42. The van der Waals surface area contributed by atoms with Gasteiger partial charge in [0.05, 0.1) is 22.0 Å². The minimum Gasteiger partial charge on any atom is -0.320 e. The first-order chi connectivity index (χ1) is 9.88. The monoisotopic (exact) mass is 323 g/mol. The van der Waals surface area contributed by atoms with Crippen LogP contribution in [0.1, 0.15) is 41.6 Å². The lowest BCUT2D eigenvalue weighted by molar-refractivity contribution is 0.102. The maximum atomic E-state index is 12.3. The van der Waals surface area contributed by atoms with Crippen molar-refractivity contribution >= 4 is 34.8 Å². The third-order valence-corrected chi connectivity index (χ3v) is 3.50. The zero-order valence-corrected chi connectivity index (χ0v) is 13.5. The fourth-order valence-corrected chi connectivity index (χ4v) is 2.11. The van der Waals surface area contributed by atoms with Crippen LogP contribution in [0.5, 0.6) is 0 Å². The normalized spacial score (nSPS) is 10.8. The first kappa shape index (κ1) is 15.7. The molecule has 2 rings (SSSR count). The van der Waals surface area contributed by atoms with Crippen LogP contribution >= 0.6 is 23.2 Å². The van der Waals surface area contributed by atoms with E-state index in [1.54, 1.807) is 25.1 Å². The van der Waals surface area contributed by atoms with Gasteiger partial charge < -0.3 is 5.32 Å². The Bertz CT molecular complexity index is 687. The Morgan fingerprint density at radius 2 is 2.00 bits per heavy atom.